The van der Waals surface area contributed by atoms with E-state index in [-0.39, 0.29) is 28.9 Å². The highest BCUT2D eigenvalue weighted by atomic mass is 35.5. The number of hydrogen-bond acceptors (Lipinski definition) is 4. The monoisotopic (exact) mass is 450 g/mol. The fraction of sp³-hybridized carbons (Fsp3) is 0.429. The van der Waals surface area contributed by atoms with Crippen molar-refractivity contribution in [1.82, 2.24) is 29.7 Å². The molecule has 0 fully saturated rings. The van der Waals surface area contributed by atoms with Crippen molar-refractivity contribution in [3.05, 3.63) is 40.0 Å². The van der Waals surface area contributed by atoms with E-state index < -0.39 is 11.7 Å². The molecule has 3 aromatic heterocycles. The highest BCUT2D eigenvalue weighted by Gasteiger charge is 2.36. The van der Waals surface area contributed by atoms with E-state index in [1.807, 2.05) is 20.8 Å². The summed E-state index contributed by atoms with van der Waals surface area (Å²) in [6, 6.07) is 0. The Balaban J connectivity index is 1.88. The Morgan fingerprint density at radius 2 is 1.84 bits per heavy atom. The number of aromatic amines is 1. The maximum absolute atomic E-state index is 13.5. The van der Waals surface area contributed by atoms with E-state index in [2.05, 4.69) is 25.0 Å². The van der Waals surface area contributed by atoms with Crippen molar-refractivity contribution < 1.29 is 13.2 Å². The van der Waals surface area contributed by atoms with Gasteiger partial charge in [-0.1, -0.05) is 44.5 Å². The number of allylic oxidation sites excluding steroid dienone is 4. The van der Waals surface area contributed by atoms with Crippen molar-refractivity contribution in [2.75, 3.05) is 0 Å². The van der Waals surface area contributed by atoms with E-state index in [1.54, 1.807) is 18.7 Å². The summed E-state index contributed by atoms with van der Waals surface area (Å²) in [6.45, 7) is 7.75. The Kier molecular flexibility index (Phi) is 4.99. The fourth-order valence-corrected chi connectivity index (χ4v) is 4.21. The number of halogens is 4. The molecular formula is C21H22ClF3N6. The van der Waals surface area contributed by atoms with Crippen molar-refractivity contribution in [1.29, 1.82) is 0 Å². The summed E-state index contributed by atoms with van der Waals surface area (Å²) < 4.78 is 42.1. The molecular weight excluding hydrogens is 429 g/mol. The zero-order chi connectivity index (χ0) is 22.7. The van der Waals surface area contributed by atoms with E-state index in [1.165, 1.54) is 6.08 Å². The minimum atomic E-state index is -4.47. The summed E-state index contributed by atoms with van der Waals surface area (Å²) in [6.07, 6.45) is -1.14. The summed E-state index contributed by atoms with van der Waals surface area (Å²) in [4.78, 5) is 16.4. The molecule has 0 amide bonds. The molecule has 1 aliphatic rings. The molecule has 0 aromatic carbocycles. The lowest BCUT2D eigenvalue weighted by atomic mass is 9.92. The minimum absolute atomic E-state index is 0.0474. The molecule has 0 atom stereocenters. The zero-order valence-electron chi connectivity index (χ0n) is 17.8. The first-order valence-corrected chi connectivity index (χ1v) is 10.2. The molecule has 0 aliphatic heterocycles. The van der Waals surface area contributed by atoms with Gasteiger partial charge in [0.15, 0.2) is 17.3 Å². The van der Waals surface area contributed by atoms with Gasteiger partial charge in [-0.3, -0.25) is 4.68 Å². The lowest BCUT2D eigenvalue weighted by molar-refractivity contribution is -0.0879. The SMILES string of the molecule is Cc1nc(C2=C(C(F)(F)F)C=CCC2)nc2nc(-c3c(Cl)c(C(C)(C)C)nn3C)[nH]c12. The van der Waals surface area contributed by atoms with Crippen molar-refractivity contribution in [2.24, 2.45) is 7.05 Å². The molecule has 6 nitrogen and oxygen atoms in total. The molecule has 0 radical (unpaired) electrons. The van der Waals surface area contributed by atoms with Gasteiger partial charge in [0.2, 0.25) is 0 Å². The van der Waals surface area contributed by atoms with Gasteiger partial charge in [-0.05, 0) is 19.8 Å². The standard InChI is InChI=1S/C21H22ClF3N6/c1-10-14-18(28-17(26-10)11-8-6-7-9-12(11)21(23,24)25)29-19(27-14)15-13(22)16(20(2,3)4)30-31(15)5/h7,9H,6,8H2,1-5H3,(H,26,27,28,29). The lowest BCUT2D eigenvalue weighted by Crippen LogP contribution is -2.15. The molecule has 3 heterocycles. The van der Waals surface area contributed by atoms with Crippen LogP contribution >= 0.6 is 11.6 Å². The van der Waals surface area contributed by atoms with Crippen LogP contribution in [0.2, 0.25) is 5.02 Å². The molecule has 10 heteroatoms. The predicted molar refractivity (Wildman–Crippen MR) is 114 cm³/mol. The molecule has 0 saturated heterocycles. The highest BCUT2D eigenvalue weighted by molar-refractivity contribution is 6.33. The summed E-state index contributed by atoms with van der Waals surface area (Å²) in [7, 11) is 1.77. The Morgan fingerprint density at radius 1 is 1.13 bits per heavy atom. The van der Waals surface area contributed by atoms with Crippen molar-refractivity contribution in [2.45, 2.75) is 52.1 Å². The van der Waals surface area contributed by atoms with Crippen LogP contribution in [0.4, 0.5) is 13.2 Å². The van der Waals surface area contributed by atoms with Gasteiger partial charge in [0.1, 0.15) is 11.2 Å². The van der Waals surface area contributed by atoms with Gasteiger partial charge in [0, 0.05) is 18.0 Å². The first-order valence-electron chi connectivity index (χ1n) is 9.83. The normalized spacial score (nSPS) is 15.4. The molecule has 0 spiro atoms. The third kappa shape index (κ3) is 3.75. The first kappa shape index (κ1) is 21.5. The van der Waals surface area contributed by atoms with Crippen LogP contribution in [-0.2, 0) is 12.5 Å². The smallest absolute Gasteiger partial charge is 0.334 e. The molecule has 0 saturated carbocycles. The second-order valence-electron chi connectivity index (χ2n) is 8.63. The Hall–Kier alpha value is -2.68. The number of alkyl halides is 3. The van der Waals surface area contributed by atoms with Gasteiger partial charge in [-0.2, -0.15) is 18.3 Å². The van der Waals surface area contributed by atoms with Crippen LogP contribution in [0.5, 0.6) is 0 Å². The van der Waals surface area contributed by atoms with Gasteiger partial charge in [-0.25, -0.2) is 15.0 Å². The maximum atomic E-state index is 13.5. The summed E-state index contributed by atoms with van der Waals surface area (Å²) >= 11 is 6.62. The molecule has 1 aliphatic carbocycles. The number of hydrogen-bond donors (Lipinski definition) is 1. The Bertz CT molecular complexity index is 1240. The van der Waals surface area contributed by atoms with Crippen LogP contribution in [0.3, 0.4) is 0 Å². The van der Waals surface area contributed by atoms with Crippen LogP contribution in [-0.4, -0.2) is 35.9 Å². The van der Waals surface area contributed by atoms with Crippen molar-refractivity contribution >= 4 is 28.3 Å². The zero-order valence-corrected chi connectivity index (χ0v) is 18.6. The Morgan fingerprint density at radius 3 is 2.45 bits per heavy atom. The van der Waals surface area contributed by atoms with Gasteiger partial charge in [-0.15, -0.1) is 0 Å². The number of nitrogens with one attached hydrogen (secondary N) is 1. The number of aryl methyl sites for hydroxylation is 2. The van der Waals surface area contributed by atoms with E-state index in [4.69, 9.17) is 11.6 Å². The van der Waals surface area contributed by atoms with Gasteiger partial charge < -0.3 is 4.98 Å². The van der Waals surface area contributed by atoms with Gasteiger partial charge in [0.05, 0.1) is 22.0 Å². The van der Waals surface area contributed by atoms with Crippen LogP contribution < -0.4 is 0 Å². The van der Waals surface area contributed by atoms with Gasteiger partial charge in [0.25, 0.3) is 0 Å². The molecule has 4 rings (SSSR count). The van der Waals surface area contributed by atoms with Gasteiger partial charge >= 0.3 is 6.18 Å². The largest absolute Gasteiger partial charge is 0.416 e. The number of H-pyrrole nitrogens is 1. The topological polar surface area (TPSA) is 72.3 Å². The van der Waals surface area contributed by atoms with Crippen molar-refractivity contribution in [3.8, 4) is 11.5 Å². The second kappa shape index (κ2) is 7.19. The molecule has 0 bridgehead atoms. The van der Waals surface area contributed by atoms with Crippen LogP contribution in [0, 0.1) is 6.92 Å². The van der Waals surface area contributed by atoms with E-state index in [0.29, 0.717) is 34.2 Å². The van der Waals surface area contributed by atoms with E-state index >= 15 is 0 Å². The second-order valence-corrected chi connectivity index (χ2v) is 9.01. The van der Waals surface area contributed by atoms with E-state index in [9.17, 15) is 13.2 Å². The lowest BCUT2D eigenvalue weighted by Gasteiger charge is -2.17. The highest BCUT2D eigenvalue weighted by Crippen LogP contribution is 2.39. The predicted octanol–water partition coefficient (Wildman–Crippen LogP) is 5.68. The van der Waals surface area contributed by atoms with E-state index in [0.717, 1.165) is 11.8 Å². The number of nitrogens with zero attached hydrogens (tertiary/aromatic N) is 5. The summed E-state index contributed by atoms with van der Waals surface area (Å²) in [5.41, 5.74) is 1.76. The van der Waals surface area contributed by atoms with Crippen LogP contribution in [0.25, 0.3) is 28.3 Å². The quantitative estimate of drug-likeness (QED) is 0.545. The maximum Gasteiger partial charge on any atom is 0.416 e. The Labute approximate surface area is 182 Å². The summed E-state index contributed by atoms with van der Waals surface area (Å²) in [5, 5.41) is 5.00. The molecule has 0 unspecified atom stereocenters. The van der Waals surface area contributed by atoms with Crippen LogP contribution in [0.1, 0.15) is 50.8 Å². The molecule has 31 heavy (non-hydrogen) atoms. The summed E-state index contributed by atoms with van der Waals surface area (Å²) in [5.74, 6) is 0.486. The molecule has 3 aromatic rings. The number of imidazole rings is 1. The van der Waals surface area contributed by atoms with Crippen LogP contribution in [0.15, 0.2) is 17.7 Å². The molecule has 1 N–H and O–H groups in total. The average molecular weight is 451 g/mol. The third-order valence-corrected chi connectivity index (χ3v) is 5.56. The first-order chi connectivity index (χ1) is 14.4. The molecule has 164 valence electrons. The fourth-order valence-electron chi connectivity index (χ4n) is 3.68. The number of fused-ring (bicyclic) bond motifs is 1. The number of aromatic nitrogens is 6. The minimum Gasteiger partial charge on any atom is -0.334 e. The van der Waals surface area contributed by atoms with Crippen molar-refractivity contribution in [3.63, 3.8) is 0 Å². The average Bonchev–Trinajstić information content (AvgIpc) is 3.21. The number of rotatable bonds is 2. The third-order valence-electron chi connectivity index (χ3n) is 5.20.